The molecule has 1 rings (SSSR count). The van der Waals surface area contributed by atoms with E-state index in [4.69, 9.17) is 5.26 Å². The van der Waals surface area contributed by atoms with Crippen molar-refractivity contribution >= 4 is 57.4 Å². The zero-order valence-corrected chi connectivity index (χ0v) is 9.00. The fraction of sp³-hybridized carbons (Fsp3) is 0.636. The Bertz CT molecular complexity index is 324. The van der Waals surface area contributed by atoms with Crippen LogP contribution in [0.3, 0.4) is 0 Å². The van der Waals surface area contributed by atoms with Crippen molar-refractivity contribution in [3.05, 3.63) is 11.6 Å². The van der Waals surface area contributed by atoms with E-state index in [9.17, 15) is 4.79 Å². The van der Waals surface area contributed by atoms with E-state index in [1.165, 1.54) is 11.8 Å². The van der Waals surface area contributed by atoms with Crippen LogP contribution in [0.5, 0.6) is 0 Å². The first-order chi connectivity index (χ1) is 6.41. The Hall–Kier alpha value is 0.336. The molecule has 2 atom stereocenters. The summed E-state index contributed by atoms with van der Waals surface area (Å²) in [5.41, 5.74) is 1.13. The summed E-state index contributed by atoms with van der Waals surface area (Å²) in [6.45, 7) is 8.03. The molecule has 15 heavy (non-hydrogen) atoms. The van der Waals surface area contributed by atoms with Gasteiger partial charge in [-0.3, -0.25) is 4.79 Å². The van der Waals surface area contributed by atoms with Crippen LogP contribution in [0.2, 0.25) is 0 Å². The monoisotopic (exact) mass is 233 g/mol. The Morgan fingerprint density at radius 3 is 2.40 bits per heavy atom. The number of hydrogen-bond donors (Lipinski definition) is 0. The van der Waals surface area contributed by atoms with E-state index in [1.807, 2.05) is 27.7 Å². The van der Waals surface area contributed by atoms with Crippen molar-refractivity contribution in [2.45, 2.75) is 27.7 Å². The summed E-state index contributed by atoms with van der Waals surface area (Å²) in [5, 5.41) is 8.24. The maximum atomic E-state index is 11.3. The van der Waals surface area contributed by atoms with E-state index < -0.39 is 5.97 Å². The molecular formula is C11H16KNO2. The molecule has 0 radical (unpaired) electrons. The molecule has 1 saturated carbocycles. The van der Waals surface area contributed by atoms with Crippen LogP contribution in [0.1, 0.15) is 27.7 Å². The molecule has 1 aliphatic carbocycles. The van der Waals surface area contributed by atoms with Crippen molar-refractivity contribution in [3.8, 4) is 6.26 Å². The van der Waals surface area contributed by atoms with E-state index in [0.717, 1.165) is 0 Å². The first-order valence-corrected chi connectivity index (χ1v) is 4.66. The summed E-state index contributed by atoms with van der Waals surface area (Å²) in [4.78, 5) is 11.3. The van der Waals surface area contributed by atoms with Gasteiger partial charge in [0, 0.05) is 0 Å². The van der Waals surface area contributed by atoms with Gasteiger partial charge in [0.2, 0.25) is 0 Å². The van der Waals surface area contributed by atoms with Crippen molar-refractivity contribution in [1.29, 1.82) is 5.26 Å². The predicted octanol–water partition coefficient (Wildman–Crippen LogP) is 1.60. The van der Waals surface area contributed by atoms with Crippen LogP contribution in [0.4, 0.5) is 0 Å². The van der Waals surface area contributed by atoms with Crippen LogP contribution in [0.25, 0.3) is 0 Å². The second-order valence-corrected chi connectivity index (χ2v) is 4.58. The van der Waals surface area contributed by atoms with Gasteiger partial charge in [0.15, 0.2) is 0 Å². The van der Waals surface area contributed by atoms with E-state index in [-0.39, 0.29) is 68.6 Å². The minimum absolute atomic E-state index is 0. The minimum atomic E-state index is -0.403. The number of nitriles is 1. The van der Waals surface area contributed by atoms with Gasteiger partial charge in [-0.25, -0.2) is 0 Å². The molecule has 2 unspecified atom stereocenters. The number of allylic oxidation sites excluding steroid dienone is 2. The number of carbonyl (C=O) groups excluding carboxylic acids is 1. The standard InChI is InChI=1S/C11H15NO2.K.H/c1-7(2)5-8-9(11(8,3)4)10(13)14-6-12;;/h5,8-9H,1-4H3;;. The maximum absolute atomic E-state index is 11.3. The third kappa shape index (κ3) is 3.40. The van der Waals surface area contributed by atoms with Crippen LogP contribution >= 0.6 is 0 Å². The number of esters is 1. The third-order valence-electron chi connectivity index (χ3n) is 2.82. The average molecular weight is 233 g/mol. The van der Waals surface area contributed by atoms with Gasteiger partial charge in [0.05, 0.1) is 5.92 Å². The molecule has 0 bridgehead atoms. The molecule has 0 heterocycles. The summed E-state index contributed by atoms with van der Waals surface area (Å²) in [6, 6.07) is 0. The quantitative estimate of drug-likeness (QED) is 0.315. The summed E-state index contributed by atoms with van der Waals surface area (Å²) in [7, 11) is 0. The summed E-state index contributed by atoms with van der Waals surface area (Å²) < 4.78 is 4.35. The Balaban J connectivity index is 0.00000196. The second-order valence-electron chi connectivity index (χ2n) is 4.58. The van der Waals surface area contributed by atoms with Crippen molar-refractivity contribution in [2.75, 3.05) is 0 Å². The Morgan fingerprint density at radius 1 is 1.47 bits per heavy atom. The number of ether oxygens (including phenoxy) is 1. The first-order valence-electron chi connectivity index (χ1n) is 4.66. The average Bonchev–Trinajstić information content (AvgIpc) is 2.52. The predicted molar refractivity (Wildman–Crippen MR) is 59.0 cm³/mol. The van der Waals surface area contributed by atoms with Gasteiger partial charge < -0.3 is 4.74 Å². The molecule has 0 saturated heterocycles. The third-order valence-corrected chi connectivity index (χ3v) is 2.82. The van der Waals surface area contributed by atoms with Gasteiger partial charge in [-0.15, -0.1) is 5.26 Å². The van der Waals surface area contributed by atoms with Crippen molar-refractivity contribution in [2.24, 2.45) is 17.3 Å². The van der Waals surface area contributed by atoms with Crippen molar-refractivity contribution in [1.82, 2.24) is 0 Å². The summed E-state index contributed by atoms with van der Waals surface area (Å²) in [5.74, 6) is -0.342. The molecule has 3 nitrogen and oxygen atoms in total. The fourth-order valence-corrected chi connectivity index (χ4v) is 1.91. The molecule has 0 aromatic heterocycles. The van der Waals surface area contributed by atoms with Crippen molar-refractivity contribution < 1.29 is 9.53 Å². The zero-order chi connectivity index (χ0) is 10.9. The van der Waals surface area contributed by atoms with E-state index in [1.54, 1.807) is 0 Å². The Morgan fingerprint density at radius 2 is 2.00 bits per heavy atom. The van der Waals surface area contributed by atoms with Crippen molar-refractivity contribution in [3.63, 3.8) is 0 Å². The van der Waals surface area contributed by atoms with Gasteiger partial charge in [0.1, 0.15) is 0 Å². The molecular weight excluding hydrogens is 217 g/mol. The number of hydrogen-bond acceptors (Lipinski definition) is 3. The molecule has 1 aliphatic rings. The Labute approximate surface area is 133 Å². The second kappa shape index (κ2) is 5.60. The summed E-state index contributed by atoms with van der Waals surface area (Å²) in [6.07, 6.45) is 3.50. The van der Waals surface area contributed by atoms with Gasteiger partial charge in [-0.2, -0.15) is 0 Å². The van der Waals surface area contributed by atoms with Crippen LogP contribution in [-0.4, -0.2) is 57.4 Å². The number of carbonyl (C=O) groups is 1. The van der Waals surface area contributed by atoms with Gasteiger partial charge in [-0.1, -0.05) is 25.5 Å². The normalized spacial score (nSPS) is 25.5. The van der Waals surface area contributed by atoms with Crippen LogP contribution in [-0.2, 0) is 9.53 Å². The molecule has 0 N–H and O–H groups in total. The van der Waals surface area contributed by atoms with E-state index >= 15 is 0 Å². The van der Waals surface area contributed by atoms with Gasteiger partial charge in [0.25, 0.3) is 6.26 Å². The molecule has 0 aromatic carbocycles. The zero-order valence-electron chi connectivity index (χ0n) is 9.00. The topological polar surface area (TPSA) is 50.1 Å². The summed E-state index contributed by atoms with van der Waals surface area (Å²) >= 11 is 0. The molecule has 4 heteroatoms. The van der Waals surface area contributed by atoms with Gasteiger partial charge in [-0.05, 0) is 25.2 Å². The molecule has 0 spiro atoms. The van der Waals surface area contributed by atoms with Crippen LogP contribution in [0.15, 0.2) is 11.6 Å². The molecule has 0 aromatic rings. The Kier molecular flexibility index (Phi) is 5.73. The van der Waals surface area contributed by atoms with E-state index in [0.29, 0.717) is 0 Å². The van der Waals surface area contributed by atoms with Crippen LogP contribution in [0, 0.1) is 28.8 Å². The van der Waals surface area contributed by atoms with Gasteiger partial charge >= 0.3 is 57.4 Å². The molecule has 78 valence electrons. The molecule has 1 fully saturated rings. The molecule has 0 amide bonds. The molecule has 0 aliphatic heterocycles. The van der Waals surface area contributed by atoms with Crippen LogP contribution < -0.4 is 0 Å². The SMILES string of the molecule is CC(C)=CC1C(C(=O)OC#N)C1(C)C.[KH]. The first kappa shape index (κ1) is 15.3. The fourth-order valence-electron chi connectivity index (χ4n) is 1.91. The number of nitrogens with zero attached hydrogens (tertiary/aromatic N) is 1. The number of rotatable bonds is 2. The van der Waals surface area contributed by atoms with E-state index in [2.05, 4.69) is 10.8 Å².